The molecule has 1 atom stereocenters. The van der Waals surface area contributed by atoms with Gasteiger partial charge in [-0.25, -0.2) is 19.9 Å². The second kappa shape index (κ2) is 10.7. The quantitative estimate of drug-likeness (QED) is 0.283. The van der Waals surface area contributed by atoms with Gasteiger partial charge in [0, 0.05) is 6.20 Å². The molecule has 40 heavy (non-hydrogen) atoms. The Balaban J connectivity index is 1.61. The molecule has 2 aromatic carbocycles. The number of rotatable bonds is 4. The summed E-state index contributed by atoms with van der Waals surface area (Å²) in [6.07, 6.45) is -2.24. The Morgan fingerprint density at radius 2 is 1.77 bits per heavy atom. The van der Waals surface area contributed by atoms with Crippen LogP contribution in [0, 0.1) is 11.8 Å². The van der Waals surface area contributed by atoms with Gasteiger partial charge >= 0.3 is 6.18 Å². The highest BCUT2D eigenvalue weighted by Crippen LogP contribution is 2.31. The van der Waals surface area contributed by atoms with Gasteiger partial charge in [-0.3, -0.25) is 9.36 Å². The summed E-state index contributed by atoms with van der Waals surface area (Å²) in [5, 5.41) is 3.66. The van der Waals surface area contributed by atoms with Crippen LogP contribution in [-0.4, -0.2) is 24.5 Å². The number of aromatic nitrogens is 5. The lowest BCUT2D eigenvalue weighted by molar-refractivity contribution is -0.138. The maximum absolute atomic E-state index is 13.7. The first kappa shape index (κ1) is 26.6. The first-order chi connectivity index (χ1) is 19.1. The highest BCUT2D eigenvalue weighted by molar-refractivity contribution is 6.35. The van der Waals surface area contributed by atoms with Crippen molar-refractivity contribution in [3.8, 4) is 17.5 Å². The molecule has 12 heteroatoms. The van der Waals surface area contributed by atoms with Gasteiger partial charge in [0.05, 0.1) is 33.2 Å². The minimum absolute atomic E-state index is 0.0552. The third kappa shape index (κ3) is 5.17. The predicted octanol–water partition coefficient (Wildman–Crippen LogP) is 5.40. The average Bonchev–Trinajstić information content (AvgIpc) is 2.92. The van der Waals surface area contributed by atoms with Crippen LogP contribution in [0.1, 0.15) is 35.6 Å². The van der Waals surface area contributed by atoms with Crippen LogP contribution in [0.5, 0.6) is 0 Å². The lowest BCUT2D eigenvalue weighted by Gasteiger charge is -2.21. The number of benzene rings is 2. The Labute approximate surface area is 230 Å². The van der Waals surface area contributed by atoms with E-state index >= 15 is 0 Å². The highest BCUT2D eigenvalue weighted by atomic mass is 35.5. The number of hydrogen-bond acceptors (Lipinski definition) is 7. The summed E-state index contributed by atoms with van der Waals surface area (Å²) in [6.45, 7) is 1.74. The molecule has 0 saturated carbocycles. The molecule has 3 aromatic heterocycles. The number of nitrogens with zero attached hydrogens (tertiary/aromatic N) is 5. The second-order valence-corrected chi connectivity index (χ2v) is 8.98. The fourth-order valence-electron chi connectivity index (χ4n) is 4.08. The lowest BCUT2D eigenvalue weighted by atomic mass is 10.1. The molecule has 3 heterocycles. The Bertz CT molecular complexity index is 1850. The van der Waals surface area contributed by atoms with Crippen molar-refractivity contribution in [2.75, 3.05) is 11.1 Å². The Morgan fingerprint density at radius 3 is 2.52 bits per heavy atom. The zero-order valence-corrected chi connectivity index (χ0v) is 21.5. The second-order valence-electron chi connectivity index (χ2n) is 8.58. The van der Waals surface area contributed by atoms with Gasteiger partial charge in [-0.05, 0) is 49.2 Å². The van der Waals surface area contributed by atoms with E-state index in [-0.39, 0.29) is 33.2 Å². The molecule has 0 fully saturated rings. The fraction of sp³-hybridized carbons (Fsp3) is 0.107. The molecule has 0 amide bonds. The predicted molar refractivity (Wildman–Crippen MR) is 146 cm³/mol. The number of halogens is 4. The summed E-state index contributed by atoms with van der Waals surface area (Å²) < 4.78 is 41.7. The maximum atomic E-state index is 13.7. The van der Waals surface area contributed by atoms with Gasteiger partial charge in [-0.2, -0.15) is 13.2 Å². The zero-order valence-electron chi connectivity index (χ0n) is 20.7. The molecule has 0 spiro atoms. The third-order valence-electron chi connectivity index (χ3n) is 5.92. The molecule has 8 nitrogen and oxygen atoms in total. The molecular formula is C28H19ClF3N7O. The summed E-state index contributed by atoms with van der Waals surface area (Å²) in [5.41, 5.74) is 5.23. The standard InChI is InChI=1S/C28H19ClF3N7O/c1-16(26-38-22-11-5-10-20(29)23(22)27(40)39(26)17-7-3-2-4-8-17)37-25-18(24(33)35-15-36-25)12-13-21-19(28(30,31)32)9-6-14-34-21/h2-11,14-16H,1H3,(H3,33,35,36,37). The number of fused-ring (bicyclic) bond motifs is 1. The summed E-state index contributed by atoms with van der Waals surface area (Å²) in [5.74, 6) is 5.48. The Morgan fingerprint density at radius 1 is 1.00 bits per heavy atom. The van der Waals surface area contributed by atoms with E-state index in [1.807, 2.05) is 6.07 Å². The fourth-order valence-corrected chi connectivity index (χ4v) is 4.33. The lowest BCUT2D eigenvalue weighted by Crippen LogP contribution is -2.27. The monoisotopic (exact) mass is 561 g/mol. The molecule has 0 radical (unpaired) electrons. The van der Waals surface area contributed by atoms with Crippen LogP contribution >= 0.6 is 11.6 Å². The summed E-state index contributed by atoms with van der Waals surface area (Å²) in [7, 11) is 0. The van der Waals surface area contributed by atoms with Gasteiger partial charge in [0.1, 0.15) is 35.0 Å². The minimum atomic E-state index is -4.64. The van der Waals surface area contributed by atoms with E-state index in [0.717, 1.165) is 6.07 Å². The molecule has 0 saturated heterocycles. The molecule has 1 unspecified atom stereocenters. The van der Waals surface area contributed by atoms with Gasteiger partial charge < -0.3 is 11.1 Å². The normalized spacial score (nSPS) is 12.0. The number of nitrogen functional groups attached to an aromatic ring is 1. The van der Waals surface area contributed by atoms with Crippen molar-refractivity contribution in [1.29, 1.82) is 0 Å². The van der Waals surface area contributed by atoms with Gasteiger partial charge in [-0.1, -0.05) is 41.8 Å². The number of nitrogens with one attached hydrogen (secondary N) is 1. The third-order valence-corrected chi connectivity index (χ3v) is 6.24. The van der Waals surface area contributed by atoms with Crippen molar-refractivity contribution in [1.82, 2.24) is 24.5 Å². The summed E-state index contributed by atoms with van der Waals surface area (Å²) in [4.78, 5) is 30.3. The van der Waals surface area contributed by atoms with E-state index in [9.17, 15) is 18.0 Å². The van der Waals surface area contributed by atoms with Crippen LogP contribution in [0.3, 0.4) is 0 Å². The van der Waals surface area contributed by atoms with Crippen LogP contribution in [0.4, 0.5) is 24.8 Å². The van der Waals surface area contributed by atoms with Crippen LogP contribution < -0.4 is 16.6 Å². The van der Waals surface area contributed by atoms with Crippen molar-refractivity contribution in [3.05, 3.63) is 111 Å². The molecule has 0 aliphatic heterocycles. The van der Waals surface area contributed by atoms with Gasteiger partial charge in [0.15, 0.2) is 0 Å². The summed E-state index contributed by atoms with van der Waals surface area (Å²) >= 11 is 6.36. The van der Waals surface area contributed by atoms with Gasteiger partial charge in [0.25, 0.3) is 5.56 Å². The first-order valence-electron chi connectivity index (χ1n) is 11.8. The van der Waals surface area contributed by atoms with Crippen LogP contribution in [0.2, 0.25) is 5.02 Å². The van der Waals surface area contributed by atoms with Crippen LogP contribution in [-0.2, 0) is 6.18 Å². The van der Waals surface area contributed by atoms with Crippen molar-refractivity contribution in [2.24, 2.45) is 0 Å². The molecule has 5 rings (SSSR count). The highest BCUT2D eigenvalue weighted by Gasteiger charge is 2.33. The topological polar surface area (TPSA) is 112 Å². The molecule has 5 aromatic rings. The van der Waals surface area contributed by atoms with Crippen molar-refractivity contribution >= 4 is 34.1 Å². The van der Waals surface area contributed by atoms with E-state index in [2.05, 4.69) is 32.1 Å². The summed E-state index contributed by atoms with van der Waals surface area (Å²) in [6, 6.07) is 15.3. The Kier molecular flexibility index (Phi) is 7.11. The SMILES string of the molecule is CC(Nc1ncnc(N)c1C#Cc1ncccc1C(F)(F)F)c1nc2cccc(Cl)c2c(=O)n1-c1ccccc1. The minimum Gasteiger partial charge on any atom is -0.382 e. The smallest absolute Gasteiger partial charge is 0.382 e. The average molecular weight is 562 g/mol. The first-order valence-corrected chi connectivity index (χ1v) is 12.2. The number of para-hydroxylation sites is 1. The van der Waals surface area contributed by atoms with Gasteiger partial charge in [0.2, 0.25) is 0 Å². The molecule has 0 aliphatic carbocycles. The number of alkyl halides is 3. The molecule has 200 valence electrons. The molecular weight excluding hydrogens is 543 g/mol. The number of pyridine rings is 1. The number of nitrogens with two attached hydrogens (primary N) is 1. The van der Waals surface area contributed by atoms with Crippen LogP contribution in [0.15, 0.2) is 78.0 Å². The molecule has 0 aliphatic rings. The zero-order chi connectivity index (χ0) is 28.4. The van der Waals surface area contributed by atoms with Crippen molar-refractivity contribution in [2.45, 2.75) is 19.1 Å². The van der Waals surface area contributed by atoms with E-state index in [1.165, 1.54) is 23.2 Å². The van der Waals surface area contributed by atoms with Gasteiger partial charge in [-0.15, -0.1) is 0 Å². The van der Waals surface area contributed by atoms with Crippen LogP contribution in [0.25, 0.3) is 16.6 Å². The van der Waals surface area contributed by atoms with E-state index in [1.54, 1.807) is 49.4 Å². The molecule has 3 N–H and O–H groups in total. The number of anilines is 2. The van der Waals surface area contributed by atoms with Crippen molar-refractivity contribution in [3.63, 3.8) is 0 Å². The largest absolute Gasteiger partial charge is 0.419 e. The van der Waals surface area contributed by atoms with Crippen molar-refractivity contribution < 1.29 is 13.2 Å². The van der Waals surface area contributed by atoms with E-state index < -0.39 is 23.5 Å². The number of hydrogen-bond donors (Lipinski definition) is 2. The Hall–Kier alpha value is -4.95. The molecule has 0 bridgehead atoms. The van der Waals surface area contributed by atoms with E-state index in [4.69, 9.17) is 22.3 Å². The maximum Gasteiger partial charge on any atom is 0.419 e. The van der Waals surface area contributed by atoms with E-state index in [0.29, 0.717) is 17.0 Å².